The fourth-order valence-electron chi connectivity index (χ4n) is 1.24. The van der Waals surface area contributed by atoms with E-state index >= 15 is 0 Å². The van der Waals surface area contributed by atoms with E-state index in [1.54, 1.807) is 0 Å². The van der Waals surface area contributed by atoms with Crippen molar-refractivity contribution in [3.05, 3.63) is 41.2 Å². The first-order valence-corrected chi connectivity index (χ1v) is 4.16. The predicted molar refractivity (Wildman–Crippen MR) is 51.5 cm³/mol. The summed E-state index contributed by atoms with van der Waals surface area (Å²) >= 11 is 5.97. The van der Waals surface area contributed by atoms with Crippen LogP contribution in [0, 0.1) is 6.92 Å². The summed E-state index contributed by atoms with van der Waals surface area (Å²) in [4.78, 5) is 4.18. The van der Waals surface area contributed by atoms with Gasteiger partial charge >= 0.3 is 0 Å². The van der Waals surface area contributed by atoms with Crippen LogP contribution in [0.5, 0.6) is 0 Å². The predicted octanol–water partition coefficient (Wildman–Crippen LogP) is 3.20. The van der Waals surface area contributed by atoms with Crippen molar-refractivity contribution in [2.75, 3.05) is 0 Å². The van der Waals surface area contributed by atoms with Crippen molar-refractivity contribution in [3.8, 4) is 0 Å². The number of rotatable bonds is 0. The molecule has 60 valence electrons. The third kappa shape index (κ3) is 1.16. The van der Waals surface area contributed by atoms with E-state index in [4.69, 9.17) is 11.6 Å². The summed E-state index contributed by atoms with van der Waals surface area (Å²) in [7, 11) is 0. The zero-order chi connectivity index (χ0) is 8.55. The van der Waals surface area contributed by atoms with Gasteiger partial charge in [-0.3, -0.25) is 4.98 Å². The van der Waals surface area contributed by atoms with Crippen LogP contribution in [-0.4, -0.2) is 4.98 Å². The van der Waals surface area contributed by atoms with Crippen LogP contribution >= 0.6 is 11.6 Å². The lowest BCUT2D eigenvalue weighted by Gasteiger charge is -1.99. The zero-order valence-corrected chi connectivity index (χ0v) is 7.47. The van der Waals surface area contributed by atoms with Crippen LogP contribution in [0.25, 0.3) is 10.8 Å². The molecule has 2 rings (SSSR count). The average Bonchev–Trinajstić information content (AvgIpc) is 2.04. The molecule has 1 heterocycles. The van der Waals surface area contributed by atoms with E-state index < -0.39 is 0 Å². The van der Waals surface area contributed by atoms with Crippen molar-refractivity contribution in [1.82, 2.24) is 4.98 Å². The molecule has 1 aromatic carbocycles. The van der Waals surface area contributed by atoms with E-state index in [1.807, 2.05) is 37.4 Å². The summed E-state index contributed by atoms with van der Waals surface area (Å²) in [6.07, 6.45) is 1.81. The normalized spacial score (nSPS) is 10.5. The third-order valence-corrected chi connectivity index (χ3v) is 2.18. The minimum Gasteiger partial charge on any atom is -0.261 e. The molecule has 0 amide bonds. The highest BCUT2D eigenvalue weighted by atomic mass is 35.5. The molecule has 0 radical (unpaired) electrons. The van der Waals surface area contributed by atoms with Crippen molar-refractivity contribution in [2.24, 2.45) is 0 Å². The van der Waals surface area contributed by atoms with Crippen molar-refractivity contribution < 1.29 is 0 Å². The molecule has 0 aliphatic rings. The van der Waals surface area contributed by atoms with Gasteiger partial charge in [-0.2, -0.15) is 0 Å². The number of aromatic nitrogens is 1. The van der Waals surface area contributed by atoms with Crippen LogP contribution in [0.1, 0.15) is 5.69 Å². The smallest absolute Gasteiger partial charge is 0.0499 e. The molecule has 0 bridgehead atoms. The molecule has 0 N–H and O–H groups in total. The lowest BCUT2D eigenvalue weighted by Crippen LogP contribution is -1.81. The van der Waals surface area contributed by atoms with Gasteiger partial charge in [0.25, 0.3) is 0 Å². The Balaban J connectivity index is 2.86. The van der Waals surface area contributed by atoms with E-state index in [2.05, 4.69) is 4.98 Å². The van der Waals surface area contributed by atoms with E-state index in [9.17, 15) is 0 Å². The number of nitrogens with zero attached hydrogens (tertiary/aromatic N) is 1. The second-order valence-corrected chi connectivity index (χ2v) is 3.19. The Labute approximate surface area is 76.0 Å². The maximum absolute atomic E-state index is 5.97. The van der Waals surface area contributed by atoms with E-state index in [1.165, 1.54) is 0 Å². The lowest BCUT2D eigenvalue weighted by atomic mass is 10.1. The first kappa shape index (κ1) is 7.56. The van der Waals surface area contributed by atoms with Crippen LogP contribution < -0.4 is 0 Å². The van der Waals surface area contributed by atoms with Gasteiger partial charge in [0.05, 0.1) is 0 Å². The molecule has 0 unspecified atom stereocenters. The number of hydrogen-bond acceptors (Lipinski definition) is 1. The lowest BCUT2D eigenvalue weighted by molar-refractivity contribution is 1.22. The second-order valence-electron chi connectivity index (χ2n) is 2.79. The van der Waals surface area contributed by atoms with Crippen LogP contribution in [0.15, 0.2) is 30.5 Å². The molecule has 1 nitrogen and oxygen atoms in total. The number of hydrogen-bond donors (Lipinski definition) is 0. The molecule has 0 spiro atoms. The van der Waals surface area contributed by atoms with E-state index in [0.29, 0.717) is 0 Å². The Bertz CT molecular complexity index is 423. The minimum atomic E-state index is 0.764. The maximum atomic E-state index is 5.97. The van der Waals surface area contributed by atoms with Gasteiger partial charge in [-0.25, -0.2) is 0 Å². The van der Waals surface area contributed by atoms with Crippen LogP contribution in [0.3, 0.4) is 0 Å². The Morgan fingerprint density at radius 2 is 2.17 bits per heavy atom. The molecule has 12 heavy (non-hydrogen) atoms. The van der Waals surface area contributed by atoms with Crippen molar-refractivity contribution in [2.45, 2.75) is 6.92 Å². The highest BCUT2D eigenvalue weighted by Gasteiger charge is 1.97. The molecule has 0 saturated heterocycles. The fourth-order valence-corrected chi connectivity index (χ4v) is 1.48. The van der Waals surface area contributed by atoms with Gasteiger partial charge < -0.3 is 0 Å². The van der Waals surface area contributed by atoms with Gasteiger partial charge in [0.1, 0.15) is 0 Å². The molecule has 0 saturated carbocycles. The van der Waals surface area contributed by atoms with Gasteiger partial charge in [-0.15, -0.1) is 0 Å². The molecule has 2 aromatic rings. The fraction of sp³-hybridized carbons (Fsp3) is 0.100. The Hall–Kier alpha value is -1.08. The summed E-state index contributed by atoms with van der Waals surface area (Å²) in [5.74, 6) is 0. The molecule has 0 aliphatic heterocycles. The zero-order valence-electron chi connectivity index (χ0n) is 6.71. The van der Waals surface area contributed by atoms with Crippen LogP contribution in [-0.2, 0) is 0 Å². The maximum Gasteiger partial charge on any atom is 0.0499 e. The van der Waals surface area contributed by atoms with Gasteiger partial charge in [0.2, 0.25) is 0 Å². The SMILES string of the molecule is Cc1cc2cccc(Cl)c2cn1. The van der Waals surface area contributed by atoms with Crippen LogP contribution in [0.2, 0.25) is 5.02 Å². The molecular weight excluding hydrogens is 170 g/mol. The first-order chi connectivity index (χ1) is 5.77. The molecule has 0 atom stereocenters. The average molecular weight is 178 g/mol. The molecule has 2 heteroatoms. The number of pyridine rings is 1. The van der Waals surface area contributed by atoms with Gasteiger partial charge in [0.15, 0.2) is 0 Å². The van der Waals surface area contributed by atoms with Crippen molar-refractivity contribution in [1.29, 1.82) is 0 Å². The van der Waals surface area contributed by atoms with Crippen molar-refractivity contribution in [3.63, 3.8) is 0 Å². The topological polar surface area (TPSA) is 12.9 Å². The second kappa shape index (κ2) is 2.76. The standard InChI is InChI=1S/C10H8ClN/c1-7-5-8-3-2-4-10(11)9(8)6-12-7/h2-6H,1H3. The number of aryl methyl sites for hydroxylation is 1. The highest BCUT2D eigenvalue weighted by molar-refractivity contribution is 6.35. The Kier molecular flexibility index (Phi) is 1.74. The molecule has 0 aliphatic carbocycles. The van der Waals surface area contributed by atoms with Gasteiger partial charge in [-0.05, 0) is 24.4 Å². The minimum absolute atomic E-state index is 0.764. The number of fused-ring (bicyclic) bond motifs is 1. The molecule has 0 fully saturated rings. The summed E-state index contributed by atoms with van der Waals surface area (Å²) in [5, 5.41) is 2.93. The number of halogens is 1. The summed E-state index contributed by atoms with van der Waals surface area (Å²) < 4.78 is 0. The van der Waals surface area contributed by atoms with Gasteiger partial charge in [-0.1, -0.05) is 23.7 Å². The first-order valence-electron chi connectivity index (χ1n) is 3.78. The summed E-state index contributed by atoms with van der Waals surface area (Å²) in [6, 6.07) is 7.89. The third-order valence-electron chi connectivity index (χ3n) is 1.85. The summed E-state index contributed by atoms with van der Waals surface area (Å²) in [6.45, 7) is 1.97. The molecular formula is C10H8ClN. The summed E-state index contributed by atoms with van der Waals surface area (Å²) in [5.41, 5.74) is 1.02. The number of benzene rings is 1. The Morgan fingerprint density at radius 1 is 1.33 bits per heavy atom. The quantitative estimate of drug-likeness (QED) is 0.602. The van der Waals surface area contributed by atoms with Crippen LogP contribution in [0.4, 0.5) is 0 Å². The Morgan fingerprint density at radius 3 is 3.00 bits per heavy atom. The largest absolute Gasteiger partial charge is 0.261 e. The van der Waals surface area contributed by atoms with E-state index in [0.717, 1.165) is 21.5 Å². The molecule has 1 aromatic heterocycles. The van der Waals surface area contributed by atoms with E-state index in [-0.39, 0.29) is 0 Å². The monoisotopic (exact) mass is 177 g/mol. The van der Waals surface area contributed by atoms with Gasteiger partial charge in [0, 0.05) is 22.3 Å². The highest BCUT2D eigenvalue weighted by Crippen LogP contribution is 2.22. The van der Waals surface area contributed by atoms with Crippen molar-refractivity contribution >= 4 is 22.4 Å².